The van der Waals surface area contributed by atoms with E-state index in [2.05, 4.69) is 10.5 Å². The van der Waals surface area contributed by atoms with Gasteiger partial charge in [0.15, 0.2) is 0 Å². The van der Waals surface area contributed by atoms with E-state index in [1.54, 1.807) is 54.6 Å². The lowest BCUT2D eigenvalue weighted by molar-refractivity contribution is -0.119. The van der Waals surface area contributed by atoms with Crippen molar-refractivity contribution in [3.05, 3.63) is 87.9 Å². The van der Waals surface area contributed by atoms with Crippen molar-refractivity contribution in [3.8, 4) is 5.75 Å². The van der Waals surface area contributed by atoms with Crippen LogP contribution in [0, 0.1) is 6.92 Å². The molecule has 0 saturated heterocycles. The number of methoxy groups -OCH3 is 1. The van der Waals surface area contributed by atoms with Gasteiger partial charge in [0.25, 0.3) is 15.9 Å². The Morgan fingerprint density at radius 1 is 1.06 bits per heavy atom. The molecule has 0 aliphatic heterocycles. The lowest BCUT2D eigenvalue weighted by Gasteiger charge is -2.25. The van der Waals surface area contributed by atoms with Gasteiger partial charge in [0.05, 0.1) is 34.0 Å². The van der Waals surface area contributed by atoms with Gasteiger partial charge in [0.2, 0.25) is 0 Å². The van der Waals surface area contributed by atoms with Gasteiger partial charge in [-0.15, -0.1) is 0 Å². The Bertz CT molecular complexity index is 1260. The molecule has 0 radical (unpaired) electrons. The topological polar surface area (TPSA) is 88.1 Å². The number of nitrogens with zero attached hydrogens (tertiary/aromatic N) is 2. The number of ether oxygens (including phenoxy) is 1. The number of aryl methyl sites for hydroxylation is 1. The van der Waals surface area contributed by atoms with E-state index in [0.29, 0.717) is 21.4 Å². The smallest absolute Gasteiger partial charge is 0.264 e. The van der Waals surface area contributed by atoms with Crippen molar-refractivity contribution in [1.82, 2.24) is 5.43 Å². The van der Waals surface area contributed by atoms with E-state index in [1.807, 2.05) is 6.92 Å². The molecule has 1 amide bonds. The molecule has 33 heavy (non-hydrogen) atoms. The van der Waals surface area contributed by atoms with E-state index < -0.39 is 22.5 Å². The van der Waals surface area contributed by atoms with Crippen molar-refractivity contribution in [2.75, 3.05) is 18.0 Å². The van der Waals surface area contributed by atoms with Crippen LogP contribution >= 0.6 is 23.2 Å². The number of carbonyl (C=O) groups excluding carboxylic acids is 1. The summed E-state index contributed by atoms with van der Waals surface area (Å²) in [5.41, 5.74) is 3.78. The quantitative estimate of drug-likeness (QED) is 0.356. The number of sulfonamides is 1. The van der Waals surface area contributed by atoms with Crippen LogP contribution in [0.1, 0.15) is 11.1 Å². The van der Waals surface area contributed by atoms with Crippen LogP contribution in [0.3, 0.4) is 0 Å². The van der Waals surface area contributed by atoms with E-state index in [9.17, 15) is 13.2 Å². The van der Waals surface area contributed by atoms with Crippen molar-refractivity contribution >= 4 is 51.0 Å². The predicted molar refractivity (Wildman–Crippen MR) is 131 cm³/mol. The highest BCUT2D eigenvalue weighted by molar-refractivity contribution is 7.92. The molecule has 0 spiro atoms. The zero-order valence-electron chi connectivity index (χ0n) is 17.8. The van der Waals surface area contributed by atoms with Gasteiger partial charge in [-0.05, 0) is 48.9 Å². The third-order valence-electron chi connectivity index (χ3n) is 4.60. The van der Waals surface area contributed by atoms with Gasteiger partial charge in [0, 0.05) is 5.56 Å². The third kappa shape index (κ3) is 5.84. The van der Waals surface area contributed by atoms with Crippen LogP contribution in [0.15, 0.2) is 76.7 Å². The summed E-state index contributed by atoms with van der Waals surface area (Å²) >= 11 is 12.2. The largest absolute Gasteiger partial charge is 0.495 e. The molecule has 172 valence electrons. The fourth-order valence-electron chi connectivity index (χ4n) is 2.98. The molecule has 0 aliphatic carbocycles. The van der Waals surface area contributed by atoms with Gasteiger partial charge in [-0.3, -0.25) is 9.10 Å². The Morgan fingerprint density at radius 2 is 1.73 bits per heavy atom. The minimum atomic E-state index is -4.09. The first-order valence-corrected chi connectivity index (χ1v) is 11.9. The summed E-state index contributed by atoms with van der Waals surface area (Å²) in [4.78, 5) is 12.7. The van der Waals surface area contributed by atoms with Crippen LogP contribution in [0.4, 0.5) is 5.69 Å². The SMILES string of the molecule is COc1ccc(C)cc1N(CC(=O)N/N=C\c1c(Cl)cccc1Cl)S(=O)(=O)c1ccccc1. The Morgan fingerprint density at radius 3 is 2.36 bits per heavy atom. The second-order valence-electron chi connectivity index (χ2n) is 6.93. The fraction of sp³-hybridized carbons (Fsp3) is 0.130. The van der Waals surface area contributed by atoms with Crippen LogP contribution in [-0.2, 0) is 14.8 Å². The van der Waals surface area contributed by atoms with Crippen molar-refractivity contribution in [1.29, 1.82) is 0 Å². The molecule has 0 aromatic heterocycles. The molecule has 0 aliphatic rings. The number of halogens is 2. The van der Waals surface area contributed by atoms with Crippen molar-refractivity contribution in [3.63, 3.8) is 0 Å². The van der Waals surface area contributed by atoms with Crippen LogP contribution < -0.4 is 14.5 Å². The number of hydrogen-bond acceptors (Lipinski definition) is 5. The molecule has 0 unspecified atom stereocenters. The van der Waals surface area contributed by atoms with E-state index in [4.69, 9.17) is 27.9 Å². The second kappa shape index (κ2) is 10.7. The number of rotatable bonds is 8. The van der Waals surface area contributed by atoms with Gasteiger partial charge in [-0.1, -0.05) is 53.5 Å². The number of hydrogen-bond donors (Lipinski definition) is 1. The zero-order chi connectivity index (χ0) is 24.0. The molecule has 10 heteroatoms. The molecule has 0 saturated carbocycles. The molecule has 3 rings (SSSR count). The summed E-state index contributed by atoms with van der Waals surface area (Å²) in [5.74, 6) is -0.364. The summed E-state index contributed by atoms with van der Waals surface area (Å²) in [6, 6.07) is 17.9. The molecule has 0 atom stereocenters. The lowest BCUT2D eigenvalue weighted by Crippen LogP contribution is -2.39. The molecule has 3 aromatic carbocycles. The number of amides is 1. The Hall–Kier alpha value is -3.07. The summed E-state index contributed by atoms with van der Waals surface area (Å²) in [5, 5.41) is 4.60. The molecule has 3 aromatic rings. The van der Waals surface area contributed by atoms with E-state index in [1.165, 1.54) is 25.5 Å². The number of hydrazone groups is 1. The van der Waals surface area contributed by atoms with Gasteiger partial charge < -0.3 is 4.74 Å². The average molecular weight is 506 g/mol. The minimum Gasteiger partial charge on any atom is -0.495 e. The molecule has 1 N–H and O–H groups in total. The highest BCUT2D eigenvalue weighted by atomic mass is 35.5. The van der Waals surface area contributed by atoms with E-state index >= 15 is 0 Å². The first-order chi connectivity index (χ1) is 15.7. The Kier molecular flexibility index (Phi) is 7.97. The van der Waals surface area contributed by atoms with Crippen LogP contribution in [-0.4, -0.2) is 34.2 Å². The number of nitrogens with one attached hydrogen (secondary N) is 1. The summed E-state index contributed by atoms with van der Waals surface area (Å²) in [6.45, 7) is 1.28. The second-order valence-corrected chi connectivity index (χ2v) is 9.61. The summed E-state index contributed by atoms with van der Waals surface area (Å²) in [6.07, 6.45) is 1.30. The minimum absolute atomic E-state index is 0.0349. The normalized spacial score (nSPS) is 11.4. The maximum absolute atomic E-state index is 13.4. The van der Waals surface area contributed by atoms with Crippen LogP contribution in [0.2, 0.25) is 10.0 Å². The number of anilines is 1. The maximum atomic E-state index is 13.4. The van der Waals surface area contributed by atoms with Crippen molar-refractivity contribution in [2.24, 2.45) is 5.10 Å². The molecule has 0 fully saturated rings. The summed E-state index contributed by atoms with van der Waals surface area (Å²) in [7, 11) is -2.66. The monoisotopic (exact) mass is 505 g/mol. The molecular weight excluding hydrogens is 485 g/mol. The van der Waals surface area contributed by atoms with Gasteiger partial charge in [0.1, 0.15) is 12.3 Å². The van der Waals surface area contributed by atoms with Gasteiger partial charge in [-0.25, -0.2) is 13.8 Å². The van der Waals surface area contributed by atoms with Gasteiger partial charge in [-0.2, -0.15) is 5.10 Å². The molecule has 0 heterocycles. The molecule has 0 bridgehead atoms. The number of carbonyl (C=O) groups is 1. The van der Waals surface area contributed by atoms with Crippen molar-refractivity contribution < 1.29 is 17.9 Å². The van der Waals surface area contributed by atoms with Crippen LogP contribution in [0.25, 0.3) is 0 Å². The predicted octanol–water partition coefficient (Wildman–Crippen LogP) is 4.66. The van der Waals surface area contributed by atoms with E-state index in [0.717, 1.165) is 9.87 Å². The summed E-state index contributed by atoms with van der Waals surface area (Å²) < 4.78 is 33.2. The van der Waals surface area contributed by atoms with Crippen LogP contribution in [0.5, 0.6) is 5.75 Å². The lowest BCUT2D eigenvalue weighted by atomic mass is 10.2. The first kappa shape index (κ1) is 24.6. The first-order valence-electron chi connectivity index (χ1n) is 9.72. The Labute approximate surface area is 202 Å². The molecule has 7 nitrogen and oxygen atoms in total. The number of benzene rings is 3. The van der Waals surface area contributed by atoms with E-state index in [-0.39, 0.29) is 10.6 Å². The zero-order valence-corrected chi connectivity index (χ0v) is 20.2. The highest BCUT2D eigenvalue weighted by Crippen LogP contribution is 2.33. The van der Waals surface area contributed by atoms with Crippen molar-refractivity contribution in [2.45, 2.75) is 11.8 Å². The Balaban J connectivity index is 1.93. The molecular formula is C23H21Cl2N3O4S. The standard InChI is InChI=1S/C23H21Cl2N3O4S/c1-16-11-12-22(32-2)21(13-16)28(33(30,31)17-7-4-3-5-8-17)15-23(29)27-26-14-18-19(24)9-6-10-20(18)25/h3-14H,15H2,1-2H3,(H,27,29)/b26-14-. The third-order valence-corrected chi connectivity index (χ3v) is 7.04. The van der Waals surface area contributed by atoms with Gasteiger partial charge >= 0.3 is 0 Å². The average Bonchev–Trinajstić information content (AvgIpc) is 2.80. The fourth-order valence-corrected chi connectivity index (χ4v) is 4.92. The maximum Gasteiger partial charge on any atom is 0.264 e. The highest BCUT2D eigenvalue weighted by Gasteiger charge is 2.29.